The van der Waals surface area contributed by atoms with Crippen LogP contribution in [-0.2, 0) is 4.79 Å². The molecule has 0 bridgehead atoms. The Morgan fingerprint density at radius 1 is 1.47 bits per heavy atom. The summed E-state index contributed by atoms with van der Waals surface area (Å²) >= 11 is 3.37. The monoisotopic (exact) mass is 299 g/mol. The number of primary amides is 1. The molecule has 1 aromatic rings. The van der Waals surface area contributed by atoms with Gasteiger partial charge in [0.25, 0.3) is 0 Å². The summed E-state index contributed by atoms with van der Waals surface area (Å²) in [5.41, 5.74) is 5.87. The number of benzene rings is 1. The van der Waals surface area contributed by atoms with Crippen molar-refractivity contribution in [3.8, 4) is 0 Å². The van der Waals surface area contributed by atoms with E-state index in [1.54, 1.807) is 0 Å². The molecule has 0 saturated carbocycles. The standard InChI is InChI=1S/C11H14BrN3O2/c1-7(8-3-2-4-9(12)5-8)14-6-10(16)15-11(13)17/h2-5,7,14H,6H2,1H3,(H3,13,15,16,17)/t7-/m0/s1. The normalized spacial score (nSPS) is 11.9. The number of nitrogens with two attached hydrogens (primary N) is 1. The van der Waals surface area contributed by atoms with Gasteiger partial charge in [0.05, 0.1) is 6.54 Å². The van der Waals surface area contributed by atoms with Crippen molar-refractivity contribution in [1.29, 1.82) is 0 Å². The van der Waals surface area contributed by atoms with Crippen molar-refractivity contribution in [2.24, 2.45) is 5.73 Å². The summed E-state index contributed by atoms with van der Waals surface area (Å²) in [5.74, 6) is -0.445. The molecule has 4 N–H and O–H groups in total. The number of urea groups is 1. The first kappa shape index (κ1) is 13.7. The predicted octanol–water partition coefficient (Wildman–Crippen LogP) is 1.29. The molecule has 1 aromatic carbocycles. The van der Waals surface area contributed by atoms with E-state index in [1.165, 1.54) is 0 Å². The summed E-state index contributed by atoms with van der Waals surface area (Å²) < 4.78 is 0.977. The van der Waals surface area contributed by atoms with Gasteiger partial charge in [-0.15, -0.1) is 0 Å². The zero-order valence-electron chi connectivity index (χ0n) is 9.37. The summed E-state index contributed by atoms with van der Waals surface area (Å²) in [7, 11) is 0. The number of hydrogen-bond acceptors (Lipinski definition) is 3. The highest BCUT2D eigenvalue weighted by Gasteiger charge is 2.08. The third-order valence-electron chi connectivity index (χ3n) is 2.18. The third kappa shape index (κ3) is 4.97. The summed E-state index contributed by atoms with van der Waals surface area (Å²) in [6, 6.07) is 6.92. The van der Waals surface area contributed by atoms with Gasteiger partial charge >= 0.3 is 6.03 Å². The molecule has 0 spiro atoms. The Labute approximate surface area is 108 Å². The molecule has 0 aromatic heterocycles. The van der Waals surface area contributed by atoms with Crippen LogP contribution in [0.4, 0.5) is 4.79 Å². The van der Waals surface area contributed by atoms with Crippen molar-refractivity contribution >= 4 is 27.9 Å². The van der Waals surface area contributed by atoms with Crippen LogP contribution >= 0.6 is 15.9 Å². The van der Waals surface area contributed by atoms with Crippen molar-refractivity contribution in [3.63, 3.8) is 0 Å². The zero-order chi connectivity index (χ0) is 12.8. The number of carbonyl (C=O) groups is 2. The third-order valence-corrected chi connectivity index (χ3v) is 2.67. The zero-order valence-corrected chi connectivity index (χ0v) is 11.0. The molecule has 1 atom stereocenters. The Kier molecular flexibility index (Phi) is 5.11. The predicted molar refractivity (Wildman–Crippen MR) is 68.3 cm³/mol. The molecule has 0 aliphatic heterocycles. The summed E-state index contributed by atoms with van der Waals surface area (Å²) in [5, 5.41) is 4.98. The first-order valence-electron chi connectivity index (χ1n) is 5.07. The van der Waals surface area contributed by atoms with Gasteiger partial charge in [-0.25, -0.2) is 4.79 Å². The lowest BCUT2D eigenvalue weighted by atomic mass is 10.1. The highest BCUT2D eigenvalue weighted by Crippen LogP contribution is 2.17. The van der Waals surface area contributed by atoms with E-state index in [1.807, 2.05) is 36.5 Å². The Morgan fingerprint density at radius 3 is 2.76 bits per heavy atom. The largest absolute Gasteiger partial charge is 0.351 e. The molecule has 0 aliphatic rings. The molecule has 0 unspecified atom stereocenters. The fraction of sp³-hybridized carbons (Fsp3) is 0.273. The first-order chi connectivity index (χ1) is 7.99. The number of halogens is 1. The van der Waals surface area contributed by atoms with E-state index in [0.717, 1.165) is 10.0 Å². The van der Waals surface area contributed by atoms with Gasteiger partial charge in [-0.3, -0.25) is 10.1 Å². The second-order valence-corrected chi connectivity index (χ2v) is 4.49. The van der Waals surface area contributed by atoms with Crippen LogP contribution in [0, 0.1) is 0 Å². The van der Waals surface area contributed by atoms with Gasteiger partial charge in [-0.1, -0.05) is 28.1 Å². The van der Waals surface area contributed by atoms with Gasteiger partial charge in [0, 0.05) is 10.5 Å². The van der Waals surface area contributed by atoms with Crippen LogP contribution in [0.15, 0.2) is 28.7 Å². The van der Waals surface area contributed by atoms with Crippen molar-refractivity contribution in [2.75, 3.05) is 6.54 Å². The molecule has 0 fully saturated rings. The van der Waals surface area contributed by atoms with Gasteiger partial charge in [0.2, 0.25) is 5.91 Å². The molecule has 0 aliphatic carbocycles. The molecule has 17 heavy (non-hydrogen) atoms. The minimum Gasteiger partial charge on any atom is -0.351 e. The average Bonchev–Trinajstić information content (AvgIpc) is 2.25. The Balaban J connectivity index is 2.47. The van der Waals surface area contributed by atoms with Gasteiger partial charge in [0.15, 0.2) is 0 Å². The lowest BCUT2D eigenvalue weighted by Crippen LogP contribution is -2.41. The number of rotatable bonds is 4. The van der Waals surface area contributed by atoms with E-state index >= 15 is 0 Å². The highest BCUT2D eigenvalue weighted by molar-refractivity contribution is 9.10. The van der Waals surface area contributed by atoms with Crippen molar-refractivity contribution in [1.82, 2.24) is 10.6 Å². The maximum absolute atomic E-state index is 11.2. The number of nitrogens with one attached hydrogen (secondary N) is 2. The topological polar surface area (TPSA) is 84.2 Å². The molecular formula is C11H14BrN3O2. The van der Waals surface area contributed by atoms with E-state index in [-0.39, 0.29) is 12.6 Å². The second kappa shape index (κ2) is 6.36. The quantitative estimate of drug-likeness (QED) is 0.783. The molecule has 0 radical (unpaired) electrons. The van der Waals surface area contributed by atoms with Crippen LogP contribution in [0.25, 0.3) is 0 Å². The SMILES string of the molecule is C[C@H](NCC(=O)NC(N)=O)c1cccc(Br)c1. The van der Waals surface area contributed by atoms with E-state index in [2.05, 4.69) is 21.2 Å². The summed E-state index contributed by atoms with van der Waals surface area (Å²) in [4.78, 5) is 21.6. The van der Waals surface area contributed by atoms with Crippen molar-refractivity contribution in [2.45, 2.75) is 13.0 Å². The Morgan fingerprint density at radius 2 is 2.18 bits per heavy atom. The minimum atomic E-state index is -0.841. The molecule has 3 amide bonds. The molecule has 5 nitrogen and oxygen atoms in total. The summed E-state index contributed by atoms with van der Waals surface area (Å²) in [6.07, 6.45) is 0. The van der Waals surface area contributed by atoms with Crippen LogP contribution in [-0.4, -0.2) is 18.5 Å². The maximum Gasteiger partial charge on any atom is 0.318 e. The van der Waals surface area contributed by atoms with Gasteiger partial charge in [0.1, 0.15) is 0 Å². The van der Waals surface area contributed by atoms with E-state index in [9.17, 15) is 9.59 Å². The second-order valence-electron chi connectivity index (χ2n) is 3.57. The Bertz CT molecular complexity index is 423. The molecule has 6 heteroatoms. The van der Waals surface area contributed by atoms with E-state index in [0.29, 0.717) is 0 Å². The molecule has 92 valence electrons. The lowest BCUT2D eigenvalue weighted by Gasteiger charge is -2.13. The number of carbonyl (C=O) groups excluding carboxylic acids is 2. The minimum absolute atomic E-state index is 0.00567. The van der Waals surface area contributed by atoms with Gasteiger partial charge < -0.3 is 11.1 Å². The molecular weight excluding hydrogens is 286 g/mol. The van der Waals surface area contributed by atoms with Crippen LogP contribution < -0.4 is 16.4 Å². The van der Waals surface area contributed by atoms with E-state index < -0.39 is 11.9 Å². The van der Waals surface area contributed by atoms with Gasteiger partial charge in [-0.05, 0) is 24.6 Å². The Hall–Kier alpha value is -1.40. The molecule has 0 saturated heterocycles. The fourth-order valence-electron chi connectivity index (χ4n) is 1.32. The number of amides is 3. The summed E-state index contributed by atoms with van der Waals surface area (Å²) in [6.45, 7) is 1.97. The van der Waals surface area contributed by atoms with Crippen LogP contribution in [0.3, 0.4) is 0 Å². The first-order valence-corrected chi connectivity index (χ1v) is 5.86. The van der Waals surface area contributed by atoms with Crippen molar-refractivity contribution in [3.05, 3.63) is 34.3 Å². The lowest BCUT2D eigenvalue weighted by molar-refractivity contribution is -0.119. The fourth-order valence-corrected chi connectivity index (χ4v) is 1.74. The van der Waals surface area contributed by atoms with Crippen LogP contribution in [0.2, 0.25) is 0 Å². The number of hydrogen-bond donors (Lipinski definition) is 3. The molecule has 1 rings (SSSR count). The van der Waals surface area contributed by atoms with Crippen LogP contribution in [0.1, 0.15) is 18.5 Å². The maximum atomic E-state index is 11.2. The van der Waals surface area contributed by atoms with Crippen molar-refractivity contribution < 1.29 is 9.59 Å². The number of imide groups is 1. The highest BCUT2D eigenvalue weighted by atomic mass is 79.9. The molecule has 0 heterocycles. The van der Waals surface area contributed by atoms with Crippen LogP contribution in [0.5, 0.6) is 0 Å². The smallest absolute Gasteiger partial charge is 0.318 e. The van der Waals surface area contributed by atoms with E-state index in [4.69, 9.17) is 5.73 Å². The average molecular weight is 300 g/mol. The van der Waals surface area contributed by atoms with Gasteiger partial charge in [-0.2, -0.15) is 0 Å².